The van der Waals surface area contributed by atoms with Crippen LogP contribution in [0.3, 0.4) is 0 Å². The van der Waals surface area contributed by atoms with E-state index in [-0.39, 0.29) is 17.2 Å². The second-order valence-electron chi connectivity index (χ2n) is 3.47. The first kappa shape index (κ1) is 12.4. The molecule has 1 amide bonds. The lowest BCUT2D eigenvalue weighted by molar-refractivity contribution is 0.0818. The highest BCUT2D eigenvalue weighted by molar-refractivity contribution is 5.91. The van der Waals surface area contributed by atoms with E-state index in [1.807, 2.05) is 0 Å². The van der Waals surface area contributed by atoms with Crippen molar-refractivity contribution in [2.24, 2.45) is 0 Å². The van der Waals surface area contributed by atoms with Crippen molar-refractivity contribution in [2.45, 2.75) is 6.54 Å². The van der Waals surface area contributed by atoms with Crippen LogP contribution in [-0.2, 0) is 11.3 Å². The van der Waals surface area contributed by atoms with Crippen LogP contribution in [0, 0.1) is 0 Å². The Labute approximate surface area is 93.4 Å². The topological polar surface area (TPSA) is 64.4 Å². The molecule has 0 aliphatic rings. The Kier molecular flexibility index (Phi) is 4.19. The highest BCUT2D eigenvalue weighted by Gasteiger charge is 2.10. The Hall–Kier alpha value is -1.69. The zero-order chi connectivity index (χ0) is 12.1. The summed E-state index contributed by atoms with van der Waals surface area (Å²) in [4.78, 5) is 24.4. The number of aromatic nitrogens is 2. The van der Waals surface area contributed by atoms with Crippen LogP contribution in [0.25, 0.3) is 0 Å². The molecule has 1 aromatic heterocycles. The molecule has 0 fully saturated rings. The largest absolute Gasteiger partial charge is 0.383 e. The van der Waals surface area contributed by atoms with Crippen LogP contribution in [0.2, 0.25) is 0 Å². The molecule has 0 bridgehead atoms. The van der Waals surface area contributed by atoms with Crippen LogP contribution in [0.1, 0.15) is 10.5 Å². The quantitative estimate of drug-likeness (QED) is 0.699. The number of nitrogens with zero attached hydrogens (tertiary/aromatic N) is 3. The Morgan fingerprint density at radius 2 is 2.19 bits per heavy atom. The molecule has 16 heavy (non-hydrogen) atoms. The molecule has 6 nitrogen and oxygen atoms in total. The Morgan fingerprint density at radius 1 is 1.50 bits per heavy atom. The number of carbonyl (C=O) groups excluding carboxylic acids is 1. The minimum absolute atomic E-state index is 0.230. The van der Waals surface area contributed by atoms with Crippen LogP contribution in [0.4, 0.5) is 0 Å². The first-order valence-corrected chi connectivity index (χ1v) is 4.85. The summed E-state index contributed by atoms with van der Waals surface area (Å²) in [6.45, 7) is 0.719. The van der Waals surface area contributed by atoms with Crippen molar-refractivity contribution in [2.75, 3.05) is 27.8 Å². The lowest BCUT2D eigenvalue weighted by Crippen LogP contribution is -2.29. The van der Waals surface area contributed by atoms with E-state index in [4.69, 9.17) is 4.74 Å². The average molecular weight is 225 g/mol. The minimum atomic E-state index is -0.243. The van der Waals surface area contributed by atoms with E-state index >= 15 is 0 Å². The van der Waals surface area contributed by atoms with Crippen LogP contribution in [0.5, 0.6) is 0 Å². The molecule has 0 saturated carbocycles. The second kappa shape index (κ2) is 5.41. The standard InChI is InChI=1S/C10H15N3O3/c1-12(2)10(15)8-4-5-9(14)13(11-8)6-7-16-3/h4-5H,6-7H2,1-3H3. The van der Waals surface area contributed by atoms with Gasteiger partial charge in [-0.05, 0) is 6.07 Å². The van der Waals surface area contributed by atoms with E-state index in [1.165, 1.54) is 21.7 Å². The van der Waals surface area contributed by atoms with E-state index in [0.717, 1.165) is 0 Å². The maximum absolute atomic E-state index is 11.6. The van der Waals surface area contributed by atoms with Crippen molar-refractivity contribution >= 4 is 5.91 Å². The van der Waals surface area contributed by atoms with Crippen molar-refractivity contribution in [3.63, 3.8) is 0 Å². The van der Waals surface area contributed by atoms with Crippen molar-refractivity contribution in [3.8, 4) is 0 Å². The van der Waals surface area contributed by atoms with Gasteiger partial charge in [-0.3, -0.25) is 9.59 Å². The molecule has 0 saturated heterocycles. The number of amides is 1. The summed E-state index contributed by atoms with van der Waals surface area (Å²) in [7, 11) is 4.81. The average Bonchev–Trinajstić information content (AvgIpc) is 2.27. The summed E-state index contributed by atoms with van der Waals surface area (Å²) < 4.78 is 6.08. The summed E-state index contributed by atoms with van der Waals surface area (Å²) in [6, 6.07) is 2.76. The number of hydrogen-bond donors (Lipinski definition) is 0. The molecule has 1 rings (SSSR count). The summed E-state index contributed by atoms with van der Waals surface area (Å²) in [5.41, 5.74) is 0.00746. The SMILES string of the molecule is COCCn1nc(C(=O)N(C)C)ccc1=O. The van der Waals surface area contributed by atoms with Crippen molar-refractivity contribution < 1.29 is 9.53 Å². The van der Waals surface area contributed by atoms with E-state index < -0.39 is 0 Å². The molecule has 1 heterocycles. The van der Waals surface area contributed by atoms with Gasteiger partial charge < -0.3 is 9.64 Å². The van der Waals surface area contributed by atoms with Gasteiger partial charge in [0.1, 0.15) is 5.69 Å². The fraction of sp³-hybridized carbons (Fsp3) is 0.500. The third-order valence-corrected chi connectivity index (χ3v) is 2.00. The number of rotatable bonds is 4. The zero-order valence-corrected chi connectivity index (χ0v) is 9.64. The van der Waals surface area contributed by atoms with Gasteiger partial charge in [0.25, 0.3) is 11.5 Å². The van der Waals surface area contributed by atoms with Gasteiger partial charge in [0.15, 0.2) is 0 Å². The van der Waals surface area contributed by atoms with Crippen molar-refractivity contribution in [3.05, 3.63) is 28.2 Å². The summed E-state index contributed by atoms with van der Waals surface area (Å²) >= 11 is 0. The first-order chi connectivity index (χ1) is 7.56. The molecule has 6 heteroatoms. The van der Waals surface area contributed by atoms with Crippen molar-refractivity contribution in [1.29, 1.82) is 0 Å². The van der Waals surface area contributed by atoms with Gasteiger partial charge in [0, 0.05) is 27.3 Å². The second-order valence-corrected chi connectivity index (χ2v) is 3.47. The maximum atomic E-state index is 11.6. The number of methoxy groups -OCH3 is 1. The molecule has 0 spiro atoms. The van der Waals surface area contributed by atoms with Gasteiger partial charge in [0.2, 0.25) is 0 Å². The third-order valence-electron chi connectivity index (χ3n) is 2.00. The van der Waals surface area contributed by atoms with Gasteiger partial charge in [-0.2, -0.15) is 5.10 Å². The molecular formula is C10H15N3O3. The summed E-state index contributed by atoms with van der Waals surface area (Å²) in [5.74, 6) is -0.230. The number of hydrogen-bond acceptors (Lipinski definition) is 4. The number of ether oxygens (including phenoxy) is 1. The molecule has 88 valence electrons. The molecule has 0 aliphatic carbocycles. The van der Waals surface area contributed by atoms with Gasteiger partial charge in [-0.15, -0.1) is 0 Å². The monoisotopic (exact) mass is 225 g/mol. The van der Waals surface area contributed by atoms with Crippen LogP contribution in [0.15, 0.2) is 16.9 Å². The lowest BCUT2D eigenvalue weighted by Gasteiger charge is -2.10. The molecule has 0 unspecified atom stereocenters. The zero-order valence-electron chi connectivity index (χ0n) is 9.64. The highest BCUT2D eigenvalue weighted by Crippen LogP contribution is 1.95. The maximum Gasteiger partial charge on any atom is 0.273 e. The Morgan fingerprint density at radius 3 is 2.75 bits per heavy atom. The predicted octanol–water partition coefficient (Wildman–Crippen LogP) is -0.409. The molecule has 0 aliphatic heterocycles. The van der Waals surface area contributed by atoms with Crippen LogP contribution >= 0.6 is 0 Å². The van der Waals surface area contributed by atoms with E-state index in [9.17, 15) is 9.59 Å². The molecule has 0 radical (unpaired) electrons. The molecule has 0 atom stereocenters. The molecule has 0 N–H and O–H groups in total. The van der Waals surface area contributed by atoms with E-state index in [0.29, 0.717) is 13.2 Å². The predicted molar refractivity (Wildman–Crippen MR) is 58.4 cm³/mol. The fourth-order valence-electron chi connectivity index (χ4n) is 1.13. The molecule has 1 aromatic rings. The van der Waals surface area contributed by atoms with Crippen LogP contribution < -0.4 is 5.56 Å². The fourth-order valence-corrected chi connectivity index (χ4v) is 1.13. The van der Waals surface area contributed by atoms with Gasteiger partial charge >= 0.3 is 0 Å². The Balaban J connectivity index is 2.98. The molecular weight excluding hydrogens is 210 g/mol. The van der Waals surface area contributed by atoms with E-state index in [1.54, 1.807) is 21.2 Å². The molecule has 0 aromatic carbocycles. The summed E-state index contributed by atoms with van der Waals surface area (Å²) in [6.07, 6.45) is 0. The number of carbonyl (C=O) groups is 1. The van der Waals surface area contributed by atoms with Gasteiger partial charge in [-0.1, -0.05) is 0 Å². The first-order valence-electron chi connectivity index (χ1n) is 4.85. The normalized spacial score (nSPS) is 10.2. The van der Waals surface area contributed by atoms with Gasteiger partial charge in [-0.25, -0.2) is 4.68 Å². The van der Waals surface area contributed by atoms with Gasteiger partial charge in [0.05, 0.1) is 13.2 Å². The van der Waals surface area contributed by atoms with Crippen molar-refractivity contribution in [1.82, 2.24) is 14.7 Å². The summed E-state index contributed by atoms with van der Waals surface area (Å²) in [5, 5.41) is 3.96. The lowest BCUT2D eigenvalue weighted by atomic mass is 10.3. The Bertz CT molecular complexity index is 426. The minimum Gasteiger partial charge on any atom is -0.383 e. The highest BCUT2D eigenvalue weighted by atomic mass is 16.5. The third kappa shape index (κ3) is 2.90. The van der Waals surface area contributed by atoms with Crippen LogP contribution in [-0.4, -0.2) is 48.4 Å². The smallest absolute Gasteiger partial charge is 0.273 e. The van der Waals surface area contributed by atoms with E-state index in [2.05, 4.69) is 5.10 Å².